The lowest BCUT2D eigenvalue weighted by molar-refractivity contribution is 0.105. The zero-order chi connectivity index (χ0) is 24.6. The van der Waals surface area contributed by atoms with Gasteiger partial charge in [-0.15, -0.1) is 0 Å². The lowest BCUT2D eigenvalue weighted by atomic mass is 9.96. The first-order chi connectivity index (χ1) is 17.1. The second-order valence-electron chi connectivity index (χ2n) is 9.61. The second-order valence-corrected chi connectivity index (χ2v) is 10.8. The molecule has 2 aromatic carbocycles. The monoisotopic (exact) mass is 492 g/mol. The molecule has 0 bridgehead atoms. The minimum absolute atomic E-state index is 0.224. The van der Waals surface area contributed by atoms with E-state index < -0.39 is 0 Å². The van der Waals surface area contributed by atoms with Crippen molar-refractivity contribution in [3.05, 3.63) is 59.7 Å². The van der Waals surface area contributed by atoms with E-state index in [9.17, 15) is 20.0 Å². The van der Waals surface area contributed by atoms with Crippen molar-refractivity contribution in [1.29, 1.82) is 0 Å². The Morgan fingerprint density at radius 3 is 1.31 bits per heavy atom. The highest BCUT2D eigenvalue weighted by Crippen LogP contribution is 2.31. The predicted octanol–water partition coefficient (Wildman–Crippen LogP) is 7.02. The Morgan fingerprint density at radius 1 is 0.657 bits per heavy atom. The summed E-state index contributed by atoms with van der Waals surface area (Å²) in [6.45, 7) is 0. The van der Waals surface area contributed by atoms with E-state index in [-0.39, 0.29) is 23.0 Å². The maximum absolute atomic E-state index is 12.8. The summed E-state index contributed by atoms with van der Waals surface area (Å²) >= 11 is 1.53. The minimum atomic E-state index is -0.224. The van der Waals surface area contributed by atoms with Gasteiger partial charge in [0, 0.05) is 20.9 Å². The first kappa shape index (κ1) is 25.2. The molecule has 6 nitrogen and oxygen atoms in total. The molecule has 0 spiro atoms. The Labute approximate surface area is 210 Å². The van der Waals surface area contributed by atoms with E-state index in [1.165, 1.54) is 37.4 Å². The van der Waals surface area contributed by atoms with Gasteiger partial charge in [-0.1, -0.05) is 73.4 Å². The van der Waals surface area contributed by atoms with Gasteiger partial charge in [-0.3, -0.25) is 9.59 Å². The van der Waals surface area contributed by atoms with E-state index in [2.05, 4.69) is 10.3 Å². The van der Waals surface area contributed by atoms with Crippen LogP contribution in [0.15, 0.2) is 68.6 Å². The van der Waals surface area contributed by atoms with Gasteiger partial charge in [-0.2, -0.15) is 0 Å². The van der Waals surface area contributed by atoms with E-state index in [0.717, 1.165) is 35.5 Å². The van der Waals surface area contributed by atoms with Gasteiger partial charge in [0.25, 0.3) is 0 Å². The van der Waals surface area contributed by atoms with Gasteiger partial charge in [0.15, 0.2) is 0 Å². The van der Waals surface area contributed by atoms with Crippen LogP contribution in [0, 0.1) is 11.8 Å². The number of benzene rings is 2. The highest BCUT2D eigenvalue weighted by atomic mass is 32.2. The first-order valence-corrected chi connectivity index (χ1v) is 13.3. The third kappa shape index (κ3) is 6.60. The number of oxime groups is 2. The Bertz CT molecular complexity index is 993. The average molecular weight is 493 g/mol. The Kier molecular flexibility index (Phi) is 8.74. The fourth-order valence-electron chi connectivity index (χ4n) is 5.15. The molecule has 4 rings (SSSR count). The van der Waals surface area contributed by atoms with Crippen molar-refractivity contribution in [3.63, 3.8) is 0 Å². The maximum Gasteiger partial charge on any atom is 0.210 e. The summed E-state index contributed by atoms with van der Waals surface area (Å²) in [7, 11) is 0. The molecule has 0 aliphatic heterocycles. The van der Waals surface area contributed by atoms with Gasteiger partial charge in [0.1, 0.15) is 11.4 Å². The van der Waals surface area contributed by atoms with E-state index in [1.807, 2.05) is 24.3 Å². The molecule has 2 N–H and O–H groups in total. The number of hydrogen-bond donors (Lipinski definition) is 2. The van der Waals surface area contributed by atoms with Gasteiger partial charge in [0.05, 0.1) is 0 Å². The topological polar surface area (TPSA) is 99.3 Å². The molecule has 0 unspecified atom stereocenters. The van der Waals surface area contributed by atoms with Crippen molar-refractivity contribution in [2.75, 3.05) is 0 Å². The van der Waals surface area contributed by atoms with Crippen molar-refractivity contribution in [1.82, 2.24) is 0 Å². The molecule has 2 aliphatic rings. The summed E-state index contributed by atoms with van der Waals surface area (Å²) < 4.78 is 0. The summed E-state index contributed by atoms with van der Waals surface area (Å²) in [5.41, 5.74) is 1.49. The van der Waals surface area contributed by atoms with Crippen LogP contribution in [-0.2, 0) is 0 Å². The van der Waals surface area contributed by atoms with Crippen molar-refractivity contribution >= 4 is 34.8 Å². The van der Waals surface area contributed by atoms with Gasteiger partial charge >= 0.3 is 0 Å². The molecule has 2 aromatic rings. The summed E-state index contributed by atoms with van der Waals surface area (Å²) in [4.78, 5) is 27.4. The molecule has 184 valence electrons. The molecule has 35 heavy (non-hydrogen) atoms. The number of ketones is 2. The molecule has 0 saturated heterocycles. The highest BCUT2D eigenvalue weighted by Gasteiger charge is 2.24. The molecule has 0 aromatic heterocycles. The fraction of sp³-hybridized carbons (Fsp3) is 0.429. The normalized spacial score (nSPS) is 17.7. The van der Waals surface area contributed by atoms with Crippen molar-refractivity contribution in [3.8, 4) is 0 Å². The summed E-state index contributed by atoms with van der Waals surface area (Å²) in [5.74, 6) is 0.407. The van der Waals surface area contributed by atoms with E-state index >= 15 is 0 Å². The number of nitrogens with zero attached hydrogens (tertiary/aromatic N) is 2. The predicted molar refractivity (Wildman–Crippen MR) is 137 cm³/mol. The fourth-order valence-corrected chi connectivity index (χ4v) is 5.97. The number of carbonyl (C=O) groups excluding carboxylic acids is 2. The number of rotatable bonds is 10. The zero-order valence-electron chi connectivity index (χ0n) is 19.9. The van der Waals surface area contributed by atoms with E-state index in [4.69, 9.17) is 0 Å². The molecule has 0 atom stereocenters. The summed E-state index contributed by atoms with van der Waals surface area (Å²) in [5, 5.41) is 25.3. The number of hydrogen-bond acceptors (Lipinski definition) is 7. The number of carbonyl (C=O) groups is 2. The molecule has 0 radical (unpaired) electrons. The number of Topliss-reactive ketones (excluding diaryl/α,β-unsaturated/α-hetero) is 2. The molecule has 0 amide bonds. The minimum Gasteiger partial charge on any atom is -0.411 e. The van der Waals surface area contributed by atoms with Crippen LogP contribution in [0.2, 0.25) is 0 Å². The summed E-state index contributed by atoms with van der Waals surface area (Å²) in [6.07, 6.45) is 10.1. The van der Waals surface area contributed by atoms with Crippen LogP contribution in [0.3, 0.4) is 0 Å². The van der Waals surface area contributed by atoms with Gasteiger partial charge < -0.3 is 10.4 Å². The third-order valence-corrected chi connectivity index (χ3v) is 8.16. The molecule has 2 saturated carbocycles. The second kappa shape index (κ2) is 12.2. The van der Waals surface area contributed by atoms with Crippen molar-refractivity contribution in [2.45, 2.75) is 74.0 Å². The van der Waals surface area contributed by atoms with Crippen LogP contribution in [0.4, 0.5) is 0 Å². The quantitative estimate of drug-likeness (QED) is 0.161. The molecule has 2 aliphatic carbocycles. The molecular weight excluding hydrogens is 460 g/mol. The lowest BCUT2D eigenvalue weighted by Gasteiger charge is -2.10. The van der Waals surface area contributed by atoms with Crippen molar-refractivity contribution in [2.24, 2.45) is 22.1 Å². The van der Waals surface area contributed by atoms with Gasteiger partial charge in [-0.05, 0) is 73.2 Å². The smallest absolute Gasteiger partial charge is 0.210 e. The van der Waals surface area contributed by atoms with Crippen LogP contribution < -0.4 is 0 Å². The Balaban J connectivity index is 1.35. The SMILES string of the molecule is O=C(/C(CC1CCCC1)=N\O)c1ccc(Sc2ccc(C(=O)/C(CC3CCCC3)=N/O)cc2)cc1. The van der Waals surface area contributed by atoms with Crippen LogP contribution in [-0.4, -0.2) is 33.4 Å². The van der Waals surface area contributed by atoms with Crippen molar-refractivity contribution < 1.29 is 20.0 Å². The van der Waals surface area contributed by atoms with Gasteiger partial charge in [-0.25, -0.2) is 0 Å². The lowest BCUT2D eigenvalue weighted by Crippen LogP contribution is -2.17. The van der Waals surface area contributed by atoms with Crippen LogP contribution in [0.25, 0.3) is 0 Å². The first-order valence-electron chi connectivity index (χ1n) is 12.5. The molecule has 2 fully saturated rings. The van der Waals surface area contributed by atoms with Gasteiger partial charge in [0.2, 0.25) is 11.6 Å². The van der Waals surface area contributed by atoms with Crippen LogP contribution in [0.5, 0.6) is 0 Å². The largest absolute Gasteiger partial charge is 0.411 e. The molecule has 0 heterocycles. The van der Waals surface area contributed by atoms with E-state index in [0.29, 0.717) is 35.8 Å². The Morgan fingerprint density at radius 2 is 1.00 bits per heavy atom. The Hall–Kier alpha value is -2.93. The standard InChI is InChI=1S/C28H32N2O4S/c31-27(25(29-33)17-19-5-1-2-6-19)21-9-13-23(14-10-21)35-24-15-11-22(12-16-24)28(32)26(30-34)18-20-7-3-4-8-20/h9-16,19-20,33-34H,1-8,17-18H2/b29-25-,30-26+. The summed E-state index contributed by atoms with van der Waals surface area (Å²) in [6, 6.07) is 14.5. The highest BCUT2D eigenvalue weighted by molar-refractivity contribution is 7.99. The van der Waals surface area contributed by atoms with Crippen LogP contribution in [0.1, 0.15) is 84.9 Å². The molecular formula is C28H32N2O4S. The van der Waals surface area contributed by atoms with E-state index in [1.54, 1.807) is 24.3 Å². The third-order valence-electron chi connectivity index (χ3n) is 7.15. The van der Waals surface area contributed by atoms with Crippen LogP contribution >= 0.6 is 11.8 Å². The molecule has 7 heteroatoms. The maximum atomic E-state index is 12.8. The zero-order valence-corrected chi connectivity index (χ0v) is 20.7. The average Bonchev–Trinajstić information content (AvgIpc) is 3.60.